The highest BCUT2D eigenvalue weighted by Crippen LogP contribution is 2.06. The SMILES string of the molecule is CCC/N=c1/scc(CCl)n1CCC.Cl. The van der Waals surface area contributed by atoms with E-state index in [0.717, 1.165) is 30.7 Å². The molecule has 0 aromatic carbocycles. The maximum Gasteiger partial charge on any atom is 0.184 e. The van der Waals surface area contributed by atoms with Crippen molar-refractivity contribution in [3.05, 3.63) is 15.9 Å². The molecular formula is C10H18Cl2N2S. The molecule has 0 saturated carbocycles. The second kappa shape index (κ2) is 8.20. The third-order valence-corrected chi connectivity index (χ3v) is 3.16. The number of thiazole rings is 1. The molecule has 0 spiro atoms. The third-order valence-electron chi connectivity index (χ3n) is 1.93. The number of halogens is 2. The average molecular weight is 269 g/mol. The van der Waals surface area contributed by atoms with E-state index in [4.69, 9.17) is 11.6 Å². The molecule has 0 atom stereocenters. The molecule has 0 bridgehead atoms. The summed E-state index contributed by atoms with van der Waals surface area (Å²) in [4.78, 5) is 5.65. The molecule has 5 heteroatoms. The molecule has 1 heterocycles. The van der Waals surface area contributed by atoms with E-state index < -0.39 is 0 Å². The van der Waals surface area contributed by atoms with Crippen molar-refractivity contribution in [2.24, 2.45) is 4.99 Å². The summed E-state index contributed by atoms with van der Waals surface area (Å²) >= 11 is 7.55. The molecule has 88 valence electrons. The van der Waals surface area contributed by atoms with E-state index in [2.05, 4.69) is 28.8 Å². The van der Waals surface area contributed by atoms with E-state index in [1.54, 1.807) is 11.3 Å². The largest absolute Gasteiger partial charge is 0.320 e. The van der Waals surface area contributed by atoms with Gasteiger partial charge >= 0.3 is 0 Å². The van der Waals surface area contributed by atoms with Crippen LogP contribution < -0.4 is 4.80 Å². The molecule has 0 aliphatic carbocycles. The van der Waals surface area contributed by atoms with Crippen molar-refractivity contribution in [3.63, 3.8) is 0 Å². The molecule has 0 saturated heterocycles. The van der Waals surface area contributed by atoms with Crippen LogP contribution in [-0.2, 0) is 12.4 Å². The van der Waals surface area contributed by atoms with Gasteiger partial charge in [0.2, 0.25) is 0 Å². The minimum absolute atomic E-state index is 0. The van der Waals surface area contributed by atoms with Crippen LogP contribution in [0.3, 0.4) is 0 Å². The lowest BCUT2D eigenvalue weighted by Gasteiger charge is -2.03. The molecule has 0 fully saturated rings. The van der Waals surface area contributed by atoms with Gasteiger partial charge in [-0.05, 0) is 12.8 Å². The third kappa shape index (κ3) is 4.17. The van der Waals surface area contributed by atoms with Crippen LogP contribution in [0.25, 0.3) is 0 Å². The lowest BCUT2D eigenvalue weighted by Crippen LogP contribution is -2.17. The van der Waals surface area contributed by atoms with Gasteiger partial charge < -0.3 is 4.57 Å². The summed E-state index contributed by atoms with van der Waals surface area (Å²) < 4.78 is 2.23. The lowest BCUT2D eigenvalue weighted by molar-refractivity contribution is 0.634. The Labute approximate surface area is 106 Å². The predicted molar refractivity (Wildman–Crippen MR) is 70.1 cm³/mol. The molecule has 2 nitrogen and oxygen atoms in total. The van der Waals surface area contributed by atoms with Crippen molar-refractivity contribution in [2.45, 2.75) is 39.1 Å². The van der Waals surface area contributed by atoms with Crippen LogP contribution in [0.4, 0.5) is 0 Å². The molecule has 1 rings (SSSR count). The monoisotopic (exact) mass is 268 g/mol. The van der Waals surface area contributed by atoms with Crippen LogP contribution >= 0.6 is 35.3 Å². The minimum atomic E-state index is 0. The summed E-state index contributed by atoms with van der Waals surface area (Å²) in [6.07, 6.45) is 2.22. The van der Waals surface area contributed by atoms with Crippen molar-refractivity contribution in [3.8, 4) is 0 Å². The maximum atomic E-state index is 5.86. The number of aromatic nitrogens is 1. The number of hydrogen-bond acceptors (Lipinski definition) is 2. The highest BCUT2D eigenvalue weighted by molar-refractivity contribution is 7.07. The summed E-state index contributed by atoms with van der Waals surface area (Å²) in [5, 5.41) is 2.11. The topological polar surface area (TPSA) is 17.3 Å². The van der Waals surface area contributed by atoms with Crippen molar-refractivity contribution in [1.82, 2.24) is 4.57 Å². The van der Waals surface area contributed by atoms with Crippen LogP contribution in [0, 0.1) is 0 Å². The first-order chi connectivity index (χ1) is 6.83. The number of alkyl halides is 1. The van der Waals surface area contributed by atoms with Crippen LogP contribution in [0.1, 0.15) is 32.4 Å². The fourth-order valence-corrected chi connectivity index (χ4v) is 2.53. The molecule has 0 radical (unpaired) electrons. The van der Waals surface area contributed by atoms with E-state index in [1.807, 2.05) is 0 Å². The Balaban J connectivity index is 0.00000196. The Bertz CT molecular complexity index is 330. The number of hydrogen-bond donors (Lipinski definition) is 0. The Kier molecular flexibility index (Phi) is 8.20. The Hall–Kier alpha value is 0.01000. The fraction of sp³-hybridized carbons (Fsp3) is 0.700. The van der Waals surface area contributed by atoms with E-state index in [-0.39, 0.29) is 12.4 Å². The van der Waals surface area contributed by atoms with Gasteiger partial charge in [0.05, 0.1) is 5.88 Å². The number of rotatable bonds is 5. The molecule has 0 N–H and O–H groups in total. The van der Waals surface area contributed by atoms with Crippen molar-refractivity contribution in [1.29, 1.82) is 0 Å². The van der Waals surface area contributed by atoms with Gasteiger partial charge in [0.1, 0.15) is 0 Å². The van der Waals surface area contributed by atoms with Crippen LogP contribution in [0.2, 0.25) is 0 Å². The predicted octanol–water partition coefficient (Wildman–Crippen LogP) is 3.43. The molecule has 0 aliphatic rings. The van der Waals surface area contributed by atoms with E-state index in [9.17, 15) is 0 Å². The Morgan fingerprint density at radius 1 is 1.40 bits per heavy atom. The Morgan fingerprint density at radius 2 is 2.13 bits per heavy atom. The first-order valence-corrected chi connectivity index (χ1v) is 6.48. The van der Waals surface area contributed by atoms with Crippen molar-refractivity contribution < 1.29 is 0 Å². The van der Waals surface area contributed by atoms with Gasteiger partial charge in [-0.15, -0.1) is 35.3 Å². The van der Waals surface area contributed by atoms with Crippen molar-refractivity contribution >= 4 is 35.3 Å². The maximum absolute atomic E-state index is 5.86. The first-order valence-electron chi connectivity index (χ1n) is 5.07. The standard InChI is InChI=1S/C10H17ClN2S.ClH/c1-3-5-12-10-13(6-4-2)9(7-11)8-14-10;/h8H,3-7H2,1-2H3;1H/b12-10+;. The number of nitrogens with zero attached hydrogens (tertiary/aromatic N) is 2. The van der Waals surface area contributed by atoms with E-state index in [0.29, 0.717) is 5.88 Å². The molecule has 1 aromatic rings. The van der Waals surface area contributed by atoms with Crippen molar-refractivity contribution in [2.75, 3.05) is 6.54 Å². The van der Waals surface area contributed by atoms with E-state index >= 15 is 0 Å². The van der Waals surface area contributed by atoms with Gasteiger partial charge in [-0.25, -0.2) is 0 Å². The Morgan fingerprint density at radius 3 is 2.67 bits per heavy atom. The van der Waals surface area contributed by atoms with Gasteiger partial charge in [-0.3, -0.25) is 4.99 Å². The highest BCUT2D eigenvalue weighted by Gasteiger charge is 2.02. The van der Waals surface area contributed by atoms with Crippen LogP contribution in [0.15, 0.2) is 10.4 Å². The molecule has 1 aromatic heterocycles. The summed E-state index contributed by atoms with van der Waals surface area (Å²) in [6.45, 7) is 6.25. The molecular weight excluding hydrogens is 251 g/mol. The second-order valence-electron chi connectivity index (χ2n) is 3.18. The summed E-state index contributed by atoms with van der Waals surface area (Å²) in [5.74, 6) is 0.581. The average Bonchev–Trinajstić information content (AvgIpc) is 2.58. The normalized spacial score (nSPS) is 11.5. The lowest BCUT2D eigenvalue weighted by atomic mass is 10.4. The minimum Gasteiger partial charge on any atom is -0.320 e. The zero-order chi connectivity index (χ0) is 10.4. The highest BCUT2D eigenvalue weighted by atomic mass is 35.5. The quantitative estimate of drug-likeness (QED) is 0.729. The summed E-state index contributed by atoms with van der Waals surface area (Å²) in [6, 6.07) is 0. The van der Waals surface area contributed by atoms with Gasteiger partial charge in [-0.1, -0.05) is 13.8 Å². The smallest absolute Gasteiger partial charge is 0.184 e. The van der Waals surface area contributed by atoms with E-state index in [1.165, 1.54) is 5.69 Å². The summed E-state index contributed by atoms with van der Waals surface area (Å²) in [5.41, 5.74) is 1.19. The second-order valence-corrected chi connectivity index (χ2v) is 4.28. The summed E-state index contributed by atoms with van der Waals surface area (Å²) in [7, 11) is 0. The molecule has 15 heavy (non-hydrogen) atoms. The molecule has 0 aliphatic heterocycles. The zero-order valence-electron chi connectivity index (χ0n) is 9.20. The fourth-order valence-electron chi connectivity index (χ4n) is 1.27. The van der Waals surface area contributed by atoms with Crippen LogP contribution in [-0.4, -0.2) is 11.1 Å². The molecule has 0 amide bonds. The molecule has 0 unspecified atom stereocenters. The van der Waals surface area contributed by atoms with Gasteiger partial charge in [0.15, 0.2) is 4.80 Å². The van der Waals surface area contributed by atoms with Gasteiger partial charge in [-0.2, -0.15) is 0 Å². The van der Waals surface area contributed by atoms with Crippen LogP contribution in [0.5, 0.6) is 0 Å². The van der Waals surface area contributed by atoms with Gasteiger partial charge in [0, 0.05) is 24.2 Å². The first kappa shape index (κ1) is 15.0. The van der Waals surface area contributed by atoms with Gasteiger partial charge in [0.25, 0.3) is 0 Å². The zero-order valence-corrected chi connectivity index (χ0v) is 11.6.